The molecule has 1 saturated carbocycles. The number of nitrogens with one attached hydrogen (secondary N) is 1. The van der Waals surface area contributed by atoms with Gasteiger partial charge in [0.15, 0.2) is 0 Å². The lowest BCUT2D eigenvalue weighted by molar-refractivity contribution is 0.686. The molecule has 0 unspecified atom stereocenters. The summed E-state index contributed by atoms with van der Waals surface area (Å²) in [5, 5.41) is 4.10. The largest absolute Gasteiger partial charge is 0.382 e. The Balaban J connectivity index is 1.85. The van der Waals surface area contributed by atoms with Gasteiger partial charge in [0.05, 0.1) is 10.0 Å². The quantitative estimate of drug-likeness (QED) is 0.795. The van der Waals surface area contributed by atoms with Gasteiger partial charge in [-0.1, -0.05) is 36.0 Å². The summed E-state index contributed by atoms with van der Waals surface area (Å²) in [6.07, 6.45) is 5.22. The van der Waals surface area contributed by atoms with Gasteiger partial charge < -0.3 is 11.1 Å². The van der Waals surface area contributed by atoms with Crippen molar-refractivity contribution in [3.63, 3.8) is 0 Å². The van der Waals surface area contributed by atoms with Crippen LogP contribution in [0.2, 0.25) is 10.0 Å². The van der Waals surface area contributed by atoms with Gasteiger partial charge in [0.2, 0.25) is 0 Å². The number of nitrogens with zero attached hydrogens (tertiary/aromatic N) is 1. The lowest BCUT2D eigenvalue weighted by Gasteiger charge is -2.08. The number of hydrogen-bond donors (Lipinski definition) is 2. The second kappa shape index (κ2) is 5.11. The molecule has 1 aliphatic carbocycles. The lowest BCUT2D eigenvalue weighted by Crippen LogP contribution is -2.05. The van der Waals surface area contributed by atoms with Crippen LogP contribution in [0, 0.1) is 5.92 Å². The number of halogens is 2. The van der Waals surface area contributed by atoms with Gasteiger partial charge in [-0.05, 0) is 24.8 Å². The van der Waals surface area contributed by atoms with Crippen LogP contribution in [0.3, 0.4) is 0 Å². The van der Waals surface area contributed by atoms with Crippen molar-refractivity contribution >= 4 is 34.8 Å². The fraction of sp³-hybridized carbons (Fsp3) is 0.545. The molecule has 2 rings (SSSR count). The van der Waals surface area contributed by atoms with Gasteiger partial charge in [0.25, 0.3) is 0 Å². The Morgan fingerprint density at radius 2 is 2.12 bits per heavy atom. The monoisotopic (exact) mass is 259 g/mol. The van der Waals surface area contributed by atoms with Crippen LogP contribution in [-0.2, 0) is 0 Å². The molecule has 0 saturated heterocycles. The Kier molecular flexibility index (Phi) is 3.77. The predicted octanol–water partition coefficient (Wildman–Crippen LogP) is 3.57. The van der Waals surface area contributed by atoms with E-state index in [2.05, 4.69) is 10.3 Å². The first-order valence-corrected chi connectivity index (χ1v) is 6.28. The smallest absolute Gasteiger partial charge is 0.147 e. The van der Waals surface area contributed by atoms with Gasteiger partial charge in [-0.25, -0.2) is 4.98 Å². The molecule has 0 amide bonds. The molecule has 0 spiro atoms. The summed E-state index contributed by atoms with van der Waals surface area (Å²) in [7, 11) is 0. The second-order valence-electron chi connectivity index (χ2n) is 4.20. The summed E-state index contributed by atoms with van der Waals surface area (Å²) in [6.45, 7) is 0.879. The third-order valence-corrected chi connectivity index (χ3v) is 3.33. The van der Waals surface area contributed by atoms with E-state index in [9.17, 15) is 0 Å². The van der Waals surface area contributed by atoms with E-state index in [-0.39, 0.29) is 0 Å². The van der Waals surface area contributed by atoms with Crippen LogP contribution in [0.4, 0.5) is 11.6 Å². The van der Waals surface area contributed by atoms with E-state index in [0.29, 0.717) is 21.7 Å². The van der Waals surface area contributed by atoms with E-state index in [1.807, 2.05) is 0 Å². The zero-order chi connectivity index (χ0) is 11.5. The first-order chi connectivity index (χ1) is 7.66. The van der Waals surface area contributed by atoms with E-state index < -0.39 is 0 Å². The van der Waals surface area contributed by atoms with Crippen molar-refractivity contribution in [1.29, 1.82) is 0 Å². The van der Waals surface area contributed by atoms with Crippen molar-refractivity contribution in [2.24, 2.45) is 5.92 Å². The summed E-state index contributed by atoms with van der Waals surface area (Å²) < 4.78 is 0. The van der Waals surface area contributed by atoms with E-state index in [4.69, 9.17) is 28.9 Å². The highest BCUT2D eigenvalue weighted by Crippen LogP contribution is 2.33. The van der Waals surface area contributed by atoms with Gasteiger partial charge in [-0.3, -0.25) is 0 Å². The topological polar surface area (TPSA) is 50.9 Å². The first-order valence-electron chi connectivity index (χ1n) is 5.52. The molecule has 16 heavy (non-hydrogen) atoms. The van der Waals surface area contributed by atoms with Gasteiger partial charge in [0.1, 0.15) is 11.6 Å². The molecule has 0 aromatic carbocycles. The van der Waals surface area contributed by atoms with Gasteiger partial charge in [-0.15, -0.1) is 0 Å². The summed E-state index contributed by atoms with van der Waals surface area (Å²) in [4.78, 5) is 4.11. The van der Waals surface area contributed by atoms with Crippen molar-refractivity contribution in [2.45, 2.75) is 25.7 Å². The van der Waals surface area contributed by atoms with E-state index in [0.717, 1.165) is 18.9 Å². The van der Waals surface area contributed by atoms with Gasteiger partial charge >= 0.3 is 0 Å². The fourth-order valence-corrected chi connectivity index (χ4v) is 2.03. The highest BCUT2D eigenvalue weighted by molar-refractivity contribution is 6.37. The molecule has 3 N–H and O–H groups in total. The maximum Gasteiger partial charge on any atom is 0.147 e. The Labute approximate surface area is 105 Å². The van der Waals surface area contributed by atoms with E-state index in [1.165, 1.54) is 19.3 Å². The molecule has 1 aromatic heterocycles. The lowest BCUT2D eigenvalue weighted by atomic mass is 10.2. The highest BCUT2D eigenvalue weighted by Gasteiger charge is 2.20. The van der Waals surface area contributed by atoms with E-state index >= 15 is 0 Å². The molecule has 0 aliphatic heterocycles. The standard InChI is InChI=1S/C11H15Cl2N3/c12-8-6-9(13)11(16-10(8)14)15-5-1-2-7-3-4-7/h6-7H,1-5H2,(H3,14,15,16). The summed E-state index contributed by atoms with van der Waals surface area (Å²) in [6, 6.07) is 1.62. The van der Waals surface area contributed by atoms with Crippen LogP contribution in [-0.4, -0.2) is 11.5 Å². The van der Waals surface area contributed by atoms with Crippen LogP contribution < -0.4 is 11.1 Å². The molecular formula is C11H15Cl2N3. The molecule has 1 heterocycles. The molecule has 0 radical (unpaired) electrons. The van der Waals surface area contributed by atoms with Crippen LogP contribution in [0.5, 0.6) is 0 Å². The van der Waals surface area contributed by atoms with Crippen molar-refractivity contribution in [1.82, 2.24) is 4.98 Å². The summed E-state index contributed by atoms with van der Waals surface area (Å²) in [5.41, 5.74) is 5.61. The molecular weight excluding hydrogens is 245 g/mol. The Morgan fingerprint density at radius 1 is 1.38 bits per heavy atom. The molecule has 0 bridgehead atoms. The maximum atomic E-state index is 5.99. The molecule has 1 aliphatic rings. The fourth-order valence-electron chi connectivity index (χ4n) is 1.61. The van der Waals surface area contributed by atoms with Crippen LogP contribution >= 0.6 is 23.2 Å². The molecule has 3 nitrogen and oxygen atoms in total. The minimum absolute atomic E-state index is 0.316. The van der Waals surface area contributed by atoms with Crippen molar-refractivity contribution in [2.75, 3.05) is 17.6 Å². The van der Waals surface area contributed by atoms with Gasteiger partial charge in [-0.2, -0.15) is 0 Å². The normalized spacial score (nSPS) is 15.1. The zero-order valence-corrected chi connectivity index (χ0v) is 10.5. The maximum absolute atomic E-state index is 5.99. The number of rotatable bonds is 5. The number of pyridine rings is 1. The second-order valence-corrected chi connectivity index (χ2v) is 5.01. The molecule has 88 valence electrons. The SMILES string of the molecule is Nc1nc(NCCCC2CC2)c(Cl)cc1Cl. The van der Waals surface area contributed by atoms with Crippen molar-refractivity contribution < 1.29 is 0 Å². The molecule has 1 aromatic rings. The number of nitrogens with two attached hydrogens (primary N) is 1. The number of aromatic nitrogens is 1. The van der Waals surface area contributed by atoms with E-state index in [1.54, 1.807) is 6.07 Å². The minimum atomic E-state index is 0.316. The average molecular weight is 260 g/mol. The minimum Gasteiger partial charge on any atom is -0.382 e. The highest BCUT2D eigenvalue weighted by atomic mass is 35.5. The summed E-state index contributed by atoms with van der Waals surface area (Å²) >= 11 is 11.8. The molecule has 5 heteroatoms. The molecule has 0 atom stereocenters. The zero-order valence-electron chi connectivity index (χ0n) is 8.97. The average Bonchev–Trinajstić information content (AvgIpc) is 3.04. The summed E-state index contributed by atoms with van der Waals surface area (Å²) in [5.74, 6) is 1.90. The van der Waals surface area contributed by atoms with Crippen LogP contribution in [0.15, 0.2) is 6.07 Å². The predicted molar refractivity (Wildman–Crippen MR) is 69.1 cm³/mol. The van der Waals surface area contributed by atoms with Crippen molar-refractivity contribution in [3.05, 3.63) is 16.1 Å². The Morgan fingerprint density at radius 3 is 2.81 bits per heavy atom. The molecule has 1 fully saturated rings. The first kappa shape index (κ1) is 11.8. The third-order valence-electron chi connectivity index (χ3n) is 2.74. The number of anilines is 2. The van der Waals surface area contributed by atoms with Crippen LogP contribution in [0.1, 0.15) is 25.7 Å². The Hall–Kier alpha value is -0.670. The number of nitrogen functional groups attached to an aromatic ring is 1. The van der Waals surface area contributed by atoms with Crippen molar-refractivity contribution in [3.8, 4) is 0 Å². The third kappa shape index (κ3) is 3.16. The van der Waals surface area contributed by atoms with Gasteiger partial charge in [0, 0.05) is 6.54 Å². The van der Waals surface area contributed by atoms with Crippen LogP contribution in [0.25, 0.3) is 0 Å². The number of hydrogen-bond acceptors (Lipinski definition) is 3. The Bertz CT molecular complexity index is 378.